The Bertz CT molecular complexity index is 961. The lowest BCUT2D eigenvalue weighted by molar-refractivity contribution is 0.0996. The molecule has 29 heavy (non-hydrogen) atoms. The van der Waals surface area contributed by atoms with Crippen molar-refractivity contribution in [2.75, 3.05) is 18.4 Å². The summed E-state index contributed by atoms with van der Waals surface area (Å²) in [6.45, 7) is 4.23. The minimum absolute atomic E-state index is 0.0671. The van der Waals surface area contributed by atoms with Crippen molar-refractivity contribution in [1.29, 1.82) is 0 Å². The summed E-state index contributed by atoms with van der Waals surface area (Å²) in [5.41, 5.74) is 2.30. The fourth-order valence-electron chi connectivity index (χ4n) is 3.95. The first-order valence-electron chi connectivity index (χ1n) is 10.1. The maximum absolute atomic E-state index is 12.7. The fourth-order valence-corrected chi connectivity index (χ4v) is 5.17. The number of benzene rings is 1. The van der Waals surface area contributed by atoms with E-state index < -0.39 is 0 Å². The number of nitrogens with zero attached hydrogens (tertiary/aromatic N) is 1. The van der Waals surface area contributed by atoms with Gasteiger partial charge in [-0.25, -0.2) is 0 Å². The smallest absolute Gasteiger partial charge is 0.291 e. The van der Waals surface area contributed by atoms with Crippen molar-refractivity contribution in [2.24, 2.45) is 0 Å². The first-order chi connectivity index (χ1) is 14.2. The Morgan fingerprint density at radius 2 is 2.03 bits per heavy atom. The van der Waals surface area contributed by atoms with E-state index >= 15 is 0 Å². The molecule has 1 fully saturated rings. The number of nitrogens with one attached hydrogen (secondary N) is 1. The van der Waals surface area contributed by atoms with Crippen LogP contribution in [-0.2, 0) is 6.42 Å². The minimum Gasteiger partial charge on any atom is -0.459 e. The Labute approximate surface area is 180 Å². The van der Waals surface area contributed by atoms with Gasteiger partial charge in [-0.05, 0) is 68.2 Å². The fraction of sp³-hybridized carbons (Fsp3) is 0.348. The molecule has 4 rings (SSSR count). The third-order valence-corrected chi connectivity index (χ3v) is 6.79. The van der Waals surface area contributed by atoms with Crippen LogP contribution < -0.4 is 5.32 Å². The minimum atomic E-state index is -0.218. The lowest BCUT2D eigenvalue weighted by atomic mass is 9.96. The Balaban J connectivity index is 1.75. The molecule has 3 heterocycles. The normalized spacial score (nSPS) is 15.9. The molecule has 1 N–H and O–H groups in total. The zero-order valence-electron chi connectivity index (χ0n) is 16.5. The molecule has 0 bridgehead atoms. The van der Waals surface area contributed by atoms with Crippen molar-refractivity contribution in [3.05, 3.63) is 75.5 Å². The van der Waals surface area contributed by atoms with Gasteiger partial charge in [0.2, 0.25) is 0 Å². The van der Waals surface area contributed by atoms with Crippen LogP contribution in [0.4, 0.5) is 5.00 Å². The number of carbonyl (C=O) groups is 1. The van der Waals surface area contributed by atoms with Crippen molar-refractivity contribution in [1.82, 2.24) is 4.90 Å². The number of hydrogen-bond acceptors (Lipinski definition) is 4. The predicted octanol–water partition coefficient (Wildman–Crippen LogP) is 6.38. The molecule has 1 aliphatic heterocycles. The number of aryl methyl sites for hydroxylation is 1. The van der Waals surface area contributed by atoms with E-state index in [4.69, 9.17) is 16.0 Å². The van der Waals surface area contributed by atoms with Gasteiger partial charge in [0, 0.05) is 15.5 Å². The van der Waals surface area contributed by atoms with E-state index in [0.29, 0.717) is 5.76 Å². The highest BCUT2D eigenvalue weighted by Gasteiger charge is 2.28. The van der Waals surface area contributed by atoms with Gasteiger partial charge in [-0.2, -0.15) is 0 Å². The topological polar surface area (TPSA) is 45.5 Å². The maximum Gasteiger partial charge on any atom is 0.291 e. The largest absolute Gasteiger partial charge is 0.459 e. The first-order valence-corrected chi connectivity index (χ1v) is 11.3. The standard InChI is InChI=1S/C23H25ClN2O2S/c1-2-18-15-19(23(29-18)25-22(27)20-10-7-13-28-20)21(26-11-4-3-5-12-26)16-8-6-9-17(24)14-16/h6-10,13-15,21H,2-5,11-12H2,1H3,(H,25,27)/t21-/m0/s1. The summed E-state index contributed by atoms with van der Waals surface area (Å²) in [6, 6.07) is 13.8. The molecule has 1 aromatic carbocycles. The average molecular weight is 429 g/mol. The molecule has 1 amide bonds. The predicted molar refractivity (Wildman–Crippen MR) is 119 cm³/mol. The summed E-state index contributed by atoms with van der Waals surface area (Å²) < 4.78 is 5.28. The van der Waals surface area contributed by atoms with Gasteiger partial charge in [0.05, 0.1) is 12.3 Å². The number of amides is 1. The number of hydrogen-bond donors (Lipinski definition) is 1. The Morgan fingerprint density at radius 1 is 1.21 bits per heavy atom. The van der Waals surface area contributed by atoms with Gasteiger partial charge in [0.1, 0.15) is 5.00 Å². The highest BCUT2D eigenvalue weighted by atomic mass is 35.5. The molecular formula is C23H25ClN2O2S. The van der Waals surface area contributed by atoms with Gasteiger partial charge in [-0.15, -0.1) is 11.3 Å². The van der Waals surface area contributed by atoms with Crippen molar-refractivity contribution >= 4 is 33.8 Å². The zero-order chi connectivity index (χ0) is 20.2. The van der Waals surface area contributed by atoms with Gasteiger partial charge in [-0.3, -0.25) is 9.69 Å². The van der Waals surface area contributed by atoms with Crippen LogP contribution in [0.3, 0.4) is 0 Å². The molecule has 2 aromatic heterocycles. The number of carbonyl (C=O) groups excluding carboxylic acids is 1. The quantitative estimate of drug-likeness (QED) is 0.495. The second kappa shape index (κ2) is 9.16. The van der Waals surface area contributed by atoms with Gasteiger partial charge in [-0.1, -0.05) is 37.1 Å². The van der Waals surface area contributed by atoms with Crippen LogP contribution in [0.25, 0.3) is 0 Å². The number of rotatable bonds is 6. The SMILES string of the molecule is CCc1cc([C@H](c2cccc(Cl)c2)N2CCCCC2)c(NC(=O)c2ccco2)s1. The van der Waals surface area contributed by atoms with Gasteiger partial charge >= 0.3 is 0 Å². The van der Waals surface area contributed by atoms with Crippen LogP contribution in [0.2, 0.25) is 5.02 Å². The molecule has 1 aliphatic rings. The van der Waals surface area contributed by atoms with E-state index in [0.717, 1.165) is 40.7 Å². The molecular weight excluding hydrogens is 404 g/mol. The van der Waals surface area contributed by atoms with E-state index in [-0.39, 0.29) is 11.9 Å². The molecule has 0 radical (unpaired) electrons. The summed E-state index contributed by atoms with van der Waals surface area (Å²) >= 11 is 7.98. The highest BCUT2D eigenvalue weighted by Crippen LogP contribution is 2.41. The van der Waals surface area contributed by atoms with Crippen LogP contribution in [0, 0.1) is 0 Å². The van der Waals surface area contributed by atoms with Crippen molar-refractivity contribution < 1.29 is 9.21 Å². The van der Waals surface area contributed by atoms with Crippen molar-refractivity contribution in [3.8, 4) is 0 Å². The van der Waals surface area contributed by atoms with Crippen molar-refractivity contribution in [2.45, 2.75) is 38.6 Å². The van der Waals surface area contributed by atoms with Crippen LogP contribution >= 0.6 is 22.9 Å². The molecule has 0 unspecified atom stereocenters. The number of furan rings is 1. The highest BCUT2D eigenvalue weighted by molar-refractivity contribution is 7.16. The number of likely N-dealkylation sites (tertiary alicyclic amines) is 1. The van der Waals surface area contributed by atoms with Gasteiger partial charge in [0.25, 0.3) is 5.91 Å². The number of halogens is 1. The summed E-state index contributed by atoms with van der Waals surface area (Å²) in [4.78, 5) is 16.4. The van der Waals surface area contributed by atoms with Crippen LogP contribution in [0.5, 0.6) is 0 Å². The van der Waals surface area contributed by atoms with Gasteiger partial charge < -0.3 is 9.73 Å². The summed E-state index contributed by atoms with van der Waals surface area (Å²) in [5.74, 6) is 0.101. The molecule has 1 saturated heterocycles. The molecule has 152 valence electrons. The Morgan fingerprint density at radius 3 is 2.72 bits per heavy atom. The lowest BCUT2D eigenvalue weighted by Crippen LogP contribution is -2.34. The number of thiophene rings is 1. The summed E-state index contributed by atoms with van der Waals surface area (Å²) in [5, 5.41) is 4.72. The maximum atomic E-state index is 12.7. The first kappa shape index (κ1) is 20.2. The summed E-state index contributed by atoms with van der Waals surface area (Å²) in [7, 11) is 0. The van der Waals surface area contributed by atoms with E-state index in [1.54, 1.807) is 23.5 Å². The lowest BCUT2D eigenvalue weighted by Gasteiger charge is -2.35. The number of anilines is 1. The summed E-state index contributed by atoms with van der Waals surface area (Å²) in [6.07, 6.45) is 6.09. The average Bonchev–Trinajstić information content (AvgIpc) is 3.40. The van der Waals surface area contributed by atoms with Crippen LogP contribution in [-0.4, -0.2) is 23.9 Å². The van der Waals surface area contributed by atoms with E-state index in [1.165, 1.54) is 30.4 Å². The molecule has 0 saturated carbocycles. The van der Waals surface area contributed by atoms with E-state index in [2.05, 4.69) is 29.3 Å². The third-order valence-electron chi connectivity index (χ3n) is 5.35. The van der Waals surface area contributed by atoms with Crippen LogP contribution in [0.1, 0.15) is 58.8 Å². The second-order valence-electron chi connectivity index (χ2n) is 7.34. The molecule has 3 aromatic rings. The molecule has 1 atom stereocenters. The number of piperidine rings is 1. The van der Waals surface area contributed by atoms with Crippen LogP contribution in [0.15, 0.2) is 53.1 Å². The Kier molecular flexibility index (Phi) is 6.38. The molecule has 6 heteroatoms. The Hall–Kier alpha value is -2.08. The van der Waals surface area contributed by atoms with E-state index in [9.17, 15) is 4.79 Å². The zero-order valence-corrected chi connectivity index (χ0v) is 18.1. The van der Waals surface area contributed by atoms with Gasteiger partial charge in [0.15, 0.2) is 5.76 Å². The third kappa shape index (κ3) is 4.58. The molecule has 0 spiro atoms. The molecule has 0 aliphatic carbocycles. The monoisotopic (exact) mass is 428 g/mol. The van der Waals surface area contributed by atoms with Crippen molar-refractivity contribution in [3.63, 3.8) is 0 Å². The molecule has 4 nitrogen and oxygen atoms in total. The second-order valence-corrected chi connectivity index (χ2v) is 8.91. The van der Waals surface area contributed by atoms with E-state index in [1.807, 2.05) is 18.2 Å².